The molecule has 1 aliphatic rings. The van der Waals surface area contributed by atoms with Crippen molar-refractivity contribution < 1.29 is 9.53 Å². The zero-order valence-corrected chi connectivity index (χ0v) is 16.1. The van der Waals surface area contributed by atoms with Gasteiger partial charge >= 0.3 is 0 Å². The molecule has 28 heavy (non-hydrogen) atoms. The van der Waals surface area contributed by atoms with E-state index in [-0.39, 0.29) is 5.91 Å². The van der Waals surface area contributed by atoms with Crippen LogP contribution in [0.15, 0.2) is 72.8 Å². The molecule has 2 heterocycles. The van der Waals surface area contributed by atoms with Gasteiger partial charge in [0.25, 0.3) is 5.91 Å². The zero-order chi connectivity index (χ0) is 19.1. The van der Waals surface area contributed by atoms with Gasteiger partial charge in [0.2, 0.25) is 0 Å². The maximum atomic E-state index is 13.6. The maximum Gasteiger partial charge on any atom is 0.274 e. The summed E-state index contributed by atoms with van der Waals surface area (Å²) in [5, 5.41) is 0.667. The standard InChI is InChI=1S/C23H18N2O2S/c1-15-8-2-5-11-18(15)25(23-24-17-10-4-7-13-21(17)28-23)22(26)20-14-16-9-3-6-12-19(16)27-20/h2-13,20H,14H2,1H3. The first-order chi connectivity index (χ1) is 13.7. The predicted octanol–water partition coefficient (Wildman–Crippen LogP) is 5.27. The van der Waals surface area contributed by atoms with Crippen molar-refractivity contribution in [1.82, 2.24) is 4.98 Å². The summed E-state index contributed by atoms with van der Waals surface area (Å²) in [5.74, 6) is 0.694. The summed E-state index contributed by atoms with van der Waals surface area (Å²) in [4.78, 5) is 20.1. The van der Waals surface area contributed by atoms with E-state index in [1.54, 1.807) is 4.90 Å². The topological polar surface area (TPSA) is 42.4 Å². The number of carbonyl (C=O) groups excluding carboxylic acids is 1. The molecule has 4 nitrogen and oxygen atoms in total. The molecule has 0 radical (unpaired) electrons. The molecule has 0 saturated heterocycles. The third-order valence-corrected chi connectivity index (χ3v) is 5.99. The van der Waals surface area contributed by atoms with Gasteiger partial charge < -0.3 is 4.74 Å². The highest BCUT2D eigenvalue weighted by Crippen LogP contribution is 2.37. The summed E-state index contributed by atoms with van der Waals surface area (Å²) in [5.41, 5.74) is 3.82. The quantitative estimate of drug-likeness (QED) is 0.481. The molecule has 138 valence electrons. The van der Waals surface area contributed by atoms with Gasteiger partial charge in [0, 0.05) is 6.42 Å². The number of ether oxygens (including phenoxy) is 1. The van der Waals surface area contributed by atoms with Crippen molar-refractivity contribution in [3.05, 3.63) is 83.9 Å². The summed E-state index contributed by atoms with van der Waals surface area (Å²) >= 11 is 1.52. The molecular formula is C23H18N2O2S. The Kier molecular flexibility index (Phi) is 4.10. The second-order valence-corrected chi connectivity index (χ2v) is 7.85. The van der Waals surface area contributed by atoms with Crippen molar-refractivity contribution in [2.75, 3.05) is 4.90 Å². The third-order valence-electron chi connectivity index (χ3n) is 4.97. The molecule has 0 saturated carbocycles. The normalized spacial score (nSPS) is 15.2. The van der Waals surface area contributed by atoms with Crippen molar-refractivity contribution in [2.45, 2.75) is 19.4 Å². The number of benzene rings is 3. The van der Waals surface area contributed by atoms with Crippen LogP contribution in [0.2, 0.25) is 0 Å². The molecule has 1 aliphatic heterocycles. The predicted molar refractivity (Wildman–Crippen MR) is 113 cm³/mol. The lowest BCUT2D eigenvalue weighted by Crippen LogP contribution is -2.39. The van der Waals surface area contributed by atoms with Gasteiger partial charge in [-0.1, -0.05) is 59.9 Å². The van der Waals surface area contributed by atoms with Crippen molar-refractivity contribution in [3.63, 3.8) is 0 Å². The van der Waals surface area contributed by atoms with Crippen LogP contribution in [0.4, 0.5) is 10.8 Å². The number of nitrogens with zero attached hydrogens (tertiary/aromatic N) is 2. The molecule has 5 heteroatoms. The third kappa shape index (κ3) is 2.84. The van der Waals surface area contributed by atoms with Gasteiger partial charge in [-0.2, -0.15) is 0 Å². The van der Waals surface area contributed by atoms with E-state index in [2.05, 4.69) is 0 Å². The second-order valence-electron chi connectivity index (χ2n) is 6.84. The Morgan fingerprint density at radius 3 is 2.61 bits per heavy atom. The van der Waals surface area contributed by atoms with Crippen LogP contribution >= 0.6 is 11.3 Å². The van der Waals surface area contributed by atoms with Crippen molar-refractivity contribution in [3.8, 4) is 5.75 Å². The fraction of sp³-hybridized carbons (Fsp3) is 0.130. The molecule has 0 bridgehead atoms. The first-order valence-electron chi connectivity index (χ1n) is 9.20. The van der Waals surface area contributed by atoms with E-state index in [1.807, 2.05) is 79.7 Å². The van der Waals surface area contributed by atoms with Crippen LogP contribution in [0, 0.1) is 6.92 Å². The number of aromatic nitrogens is 1. The number of carbonyl (C=O) groups is 1. The van der Waals surface area contributed by atoms with Gasteiger partial charge in [0.05, 0.1) is 15.9 Å². The number of para-hydroxylation sites is 3. The number of hydrogen-bond donors (Lipinski definition) is 0. The Hall–Kier alpha value is -3.18. The minimum Gasteiger partial charge on any atom is -0.480 e. The Balaban J connectivity index is 1.58. The smallest absolute Gasteiger partial charge is 0.274 e. The minimum atomic E-state index is -0.552. The maximum absolute atomic E-state index is 13.6. The van der Waals surface area contributed by atoms with Gasteiger partial charge in [-0.15, -0.1) is 0 Å². The molecule has 0 spiro atoms. The summed E-state index contributed by atoms with van der Waals surface area (Å²) < 4.78 is 7.05. The van der Waals surface area contributed by atoms with Gasteiger partial charge in [-0.3, -0.25) is 9.69 Å². The van der Waals surface area contributed by atoms with Gasteiger partial charge in [0.1, 0.15) is 5.75 Å². The minimum absolute atomic E-state index is 0.0930. The molecule has 5 rings (SSSR count). The fourth-order valence-electron chi connectivity index (χ4n) is 3.55. The van der Waals surface area contributed by atoms with Gasteiger partial charge in [-0.05, 0) is 42.3 Å². The van der Waals surface area contributed by atoms with Crippen molar-refractivity contribution >= 4 is 38.3 Å². The van der Waals surface area contributed by atoms with Crippen LogP contribution in [-0.2, 0) is 11.2 Å². The van der Waals surface area contributed by atoms with Crippen LogP contribution in [0.1, 0.15) is 11.1 Å². The molecule has 3 aromatic carbocycles. The molecule has 1 unspecified atom stereocenters. The molecule has 0 fully saturated rings. The zero-order valence-electron chi connectivity index (χ0n) is 15.3. The number of amides is 1. The lowest BCUT2D eigenvalue weighted by molar-refractivity contribution is -0.123. The summed E-state index contributed by atoms with van der Waals surface area (Å²) in [6, 6.07) is 23.7. The van der Waals surface area contributed by atoms with Crippen LogP contribution in [-0.4, -0.2) is 17.0 Å². The fourth-order valence-corrected chi connectivity index (χ4v) is 4.53. The van der Waals surface area contributed by atoms with E-state index in [1.165, 1.54) is 11.3 Å². The molecule has 4 aromatic rings. The molecular weight excluding hydrogens is 368 g/mol. The van der Waals surface area contributed by atoms with E-state index in [0.29, 0.717) is 11.6 Å². The first-order valence-corrected chi connectivity index (χ1v) is 10.0. The largest absolute Gasteiger partial charge is 0.480 e. The summed E-state index contributed by atoms with van der Waals surface area (Å²) in [7, 11) is 0. The van der Waals surface area contributed by atoms with Crippen molar-refractivity contribution in [2.24, 2.45) is 0 Å². The summed E-state index contributed by atoms with van der Waals surface area (Å²) in [6.45, 7) is 2.01. The SMILES string of the molecule is Cc1ccccc1N(C(=O)C1Cc2ccccc2O1)c1nc2ccccc2s1. The average molecular weight is 386 g/mol. The molecule has 0 aliphatic carbocycles. The lowest BCUT2D eigenvalue weighted by atomic mass is 10.1. The Morgan fingerprint density at radius 1 is 1.04 bits per heavy atom. The number of aryl methyl sites for hydroxylation is 1. The number of thiazole rings is 1. The molecule has 1 aromatic heterocycles. The van der Waals surface area contributed by atoms with Gasteiger partial charge in [0.15, 0.2) is 11.2 Å². The highest BCUT2D eigenvalue weighted by atomic mass is 32.1. The second kappa shape index (κ2) is 6.77. The Bertz CT molecular complexity index is 1130. The Morgan fingerprint density at radius 2 is 1.79 bits per heavy atom. The summed E-state index contributed by atoms with van der Waals surface area (Å²) in [6.07, 6.45) is 0.0199. The van der Waals surface area contributed by atoms with Crippen molar-refractivity contribution in [1.29, 1.82) is 0 Å². The van der Waals surface area contributed by atoms with Crippen LogP contribution in [0.5, 0.6) is 5.75 Å². The van der Waals surface area contributed by atoms with Gasteiger partial charge in [-0.25, -0.2) is 4.98 Å². The van der Waals surface area contributed by atoms with Crippen LogP contribution in [0.3, 0.4) is 0 Å². The van der Waals surface area contributed by atoms with E-state index in [4.69, 9.17) is 9.72 Å². The van der Waals surface area contributed by atoms with E-state index in [0.717, 1.165) is 32.8 Å². The van der Waals surface area contributed by atoms with E-state index >= 15 is 0 Å². The highest BCUT2D eigenvalue weighted by Gasteiger charge is 2.35. The molecule has 1 atom stereocenters. The first kappa shape index (κ1) is 17.0. The van der Waals surface area contributed by atoms with Crippen LogP contribution < -0.4 is 9.64 Å². The average Bonchev–Trinajstić information content (AvgIpc) is 3.33. The van der Waals surface area contributed by atoms with Crippen LogP contribution in [0.25, 0.3) is 10.2 Å². The Labute approximate surface area is 167 Å². The lowest BCUT2D eigenvalue weighted by Gasteiger charge is -2.24. The van der Waals surface area contributed by atoms with E-state index in [9.17, 15) is 4.79 Å². The molecule has 0 N–H and O–H groups in total. The monoisotopic (exact) mass is 386 g/mol. The number of rotatable bonds is 3. The number of anilines is 2. The van der Waals surface area contributed by atoms with E-state index < -0.39 is 6.10 Å². The number of fused-ring (bicyclic) bond motifs is 2. The number of hydrogen-bond acceptors (Lipinski definition) is 4. The molecule has 1 amide bonds. The highest BCUT2D eigenvalue weighted by molar-refractivity contribution is 7.22.